The van der Waals surface area contributed by atoms with E-state index in [4.69, 9.17) is 15.2 Å². The molecule has 4 atom stereocenters. The third-order valence-corrected chi connectivity index (χ3v) is 7.18. The maximum atomic E-state index is 13.4. The normalized spacial score (nSPS) is 19.8. The summed E-state index contributed by atoms with van der Waals surface area (Å²) >= 11 is 1.59. The monoisotopic (exact) mass is 502 g/mol. The summed E-state index contributed by atoms with van der Waals surface area (Å²) in [6, 6.07) is 6.95. The Morgan fingerprint density at radius 1 is 1.23 bits per heavy atom. The van der Waals surface area contributed by atoms with Crippen LogP contribution < -0.4 is 11.1 Å². The highest BCUT2D eigenvalue weighted by Crippen LogP contribution is 2.30. The van der Waals surface area contributed by atoms with Crippen molar-refractivity contribution >= 4 is 29.2 Å². The van der Waals surface area contributed by atoms with Crippen LogP contribution in [-0.4, -0.2) is 59.7 Å². The first-order chi connectivity index (χ1) is 16.4. The number of primary amides is 1. The molecule has 0 radical (unpaired) electrons. The highest BCUT2D eigenvalue weighted by atomic mass is 32.1. The number of nitrogens with two attached hydrogens (primary N) is 1. The van der Waals surface area contributed by atoms with Gasteiger partial charge in [0, 0.05) is 25.5 Å². The van der Waals surface area contributed by atoms with Crippen molar-refractivity contribution in [2.24, 2.45) is 11.1 Å². The van der Waals surface area contributed by atoms with Crippen molar-refractivity contribution in [1.29, 1.82) is 0 Å². The SMILES string of the molecule is CO[C@@H]1C[C@@H](C(=O)N[C@@H](C)c2ccc(-c3scnc3C)cc2)N(C(=O)[C@@H](OC(N)=O)C(C)(C)C)C1. The molecule has 1 saturated heterocycles. The Bertz CT molecular complexity index is 1060. The first-order valence-electron chi connectivity index (χ1n) is 11.5. The van der Waals surface area contributed by atoms with Gasteiger partial charge in [-0.2, -0.15) is 0 Å². The predicted molar refractivity (Wildman–Crippen MR) is 134 cm³/mol. The molecule has 2 heterocycles. The summed E-state index contributed by atoms with van der Waals surface area (Å²) < 4.78 is 10.6. The number of carbonyl (C=O) groups excluding carboxylic acids is 3. The molecule has 1 fully saturated rings. The van der Waals surface area contributed by atoms with Gasteiger partial charge in [0.25, 0.3) is 5.91 Å². The molecule has 190 valence electrons. The van der Waals surface area contributed by atoms with Crippen LogP contribution in [-0.2, 0) is 19.1 Å². The van der Waals surface area contributed by atoms with E-state index in [1.807, 2.05) is 43.6 Å². The van der Waals surface area contributed by atoms with Crippen LogP contribution in [0, 0.1) is 12.3 Å². The molecule has 0 aliphatic carbocycles. The lowest BCUT2D eigenvalue weighted by atomic mass is 9.88. The van der Waals surface area contributed by atoms with Crippen LogP contribution in [0.25, 0.3) is 10.4 Å². The van der Waals surface area contributed by atoms with Gasteiger partial charge in [-0.25, -0.2) is 9.78 Å². The zero-order chi connectivity index (χ0) is 25.9. The number of nitrogens with one attached hydrogen (secondary N) is 1. The van der Waals surface area contributed by atoms with Crippen LogP contribution in [0.2, 0.25) is 0 Å². The molecule has 10 heteroatoms. The molecule has 3 amide bonds. The summed E-state index contributed by atoms with van der Waals surface area (Å²) in [6.45, 7) is 9.42. The van der Waals surface area contributed by atoms with Crippen molar-refractivity contribution in [3.8, 4) is 10.4 Å². The molecule has 0 bridgehead atoms. The molecule has 0 saturated carbocycles. The van der Waals surface area contributed by atoms with Crippen LogP contribution in [0.5, 0.6) is 0 Å². The van der Waals surface area contributed by atoms with E-state index in [9.17, 15) is 14.4 Å². The molecule has 35 heavy (non-hydrogen) atoms. The minimum Gasteiger partial charge on any atom is -0.436 e. The van der Waals surface area contributed by atoms with E-state index in [0.717, 1.165) is 21.7 Å². The zero-order valence-corrected chi connectivity index (χ0v) is 21.8. The fraction of sp³-hybridized carbons (Fsp3) is 0.520. The second-order valence-electron chi connectivity index (χ2n) is 9.90. The second kappa shape index (κ2) is 10.7. The minimum absolute atomic E-state index is 0.222. The summed E-state index contributed by atoms with van der Waals surface area (Å²) in [7, 11) is 1.55. The Hall–Kier alpha value is -2.98. The molecule has 0 unspecified atom stereocenters. The lowest BCUT2D eigenvalue weighted by Gasteiger charge is -2.34. The maximum Gasteiger partial charge on any atom is 0.405 e. The average molecular weight is 503 g/mol. The summed E-state index contributed by atoms with van der Waals surface area (Å²) in [4.78, 5) is 45.0. The topological polar surface area (TPSA) is 124 Å². The number of methoxy groups -OCH3 is 1. The van der Waals surface area contributed by atoms with Crippen molar-refractivity contribution in [2.45, 2.75) is 65.3 Å². The van der Waals surface area contributed by atoms with Crippen LogP contribution in [0.15, 0.2) is 29.8 Å². The van der Waals surface area contributed by atoms with E-state index in [0.29, 0.717) is 6.42 Å². The van der Waals surface area contributed by atoms with Gasteiger partial charge in [-0.1, -0.05) is 45.0 Å². The van der Waals surface area contributed by atoms with E-state index in [1.165, 1.54) is 4.90 Å². The van der Waals surface area contributed by atoms with Gasteiger partial charge in [0.15, 0.2) is 6.10 Å². The number of rotatable bonds is 7. The number of amides is 3. The maximum absolute atomic E-state index is 13.4. The molecule has 1 aromatic heterocycles. The van der Waals surface area contributed by atoms with E-state index in [1.54, 1.807) is 39.2 Å². The number of thiazole rings is 1. The Balaban J connectivity index is 1.75. The van der Waals surface area contributed by atoms with Crippen molar-refractivity contribution in [3.05, 3.63) is 41.0 Å². The van der Waals surface area contributed by atoms with Crippen molar-refractivity contribution in [3.63, 3.8) is 0 Å². The van der Waals surface area contributed by atoms with Crippen molar-refractivity contribution in [1.82, 2.24) is 15.2 Å². The first kappa shape index (κ1) is 26.6. The number of hydrogen-bond donors (Lipinski definition) is 2. The molecular weight excluding hydrogens is 468 g/mol. The van der Waals surface area contributed by atoms with Gasteiger partial charge in [-0.05, 0) is 25.0 Å². The molecule has 9 nitrogen and oxygen atoms in total. The van der Waals surface area contributed by atoms with E-state index in [-0.39, 0.29) is 24.6 Å². The number of ether oxygens (including phenoxy) is 2. The van der Waals surface area contributed by atoms with E-state index >= 15 is 0 Å². The summed E-state index contributed by atoms with van der Waals surface area (Å²) in [5.41, 5.74) is 9.33. The summed E-state index contributed by atoms with van der Waals surface area (Å²) in [6.07, 6.45) is -2.11. The van der Waals surface area contributed by atoms with Crippen molar-refractivity contribution in [2.75, 3.05) is 13.7 Å². The predicted octanol–water partition coefficient (Wildman–Crippen LogP) is 3.42. The summed E-state index contributed by atoms with van der Waals surface area (Å²) in [5.74, 6) is -0.757. The number of nitrogens with zero attached hydrogens (tertiary/aromatic N) is 2. The van der Waals surface area contributed by atoms with Gasteiger partial charge in [0.1, 0.15) is 6.04 Å². The number of hydrogen-bond acceptors (Lipinski definition) is 7. The van der Waals surface area contributed by atoms with Crippen LogP contribution >= 0.6 is 11.3 Å². The summed E-state index contributed by atoms with van der Waals surface area (Å²) in [5, 5.41) is 3.02. The van der Waals surface area contributed by atoms with Crippen molar-refractivity contribution < 1.29 is 23.9 Å². The Labute approximate surface area is 210 Å². The second-order valence-corrected chi connectivity index (χ2v) is 10.8. The Morgan fingerprint density at radius 3 is 2.40 bits per heavy atom. The average Bonchev–Trinajstić information content (AvgIpc) is 3.42. The minimum atomic E-state index is -1.12. The lowest BCUT2D eigenvalue weighted by molar-refractivity contribution is -0.150. The third-order valence-electron chi connectivity index (χ3n) is 6.20. The molecule has 1 aliphatic rings. The van der Waals surface area contributed by atoms with Gasteiger partial charge >= 0.3 is 6.09 Å². The van der Waals surface area contributed by atoms with E-state index < -0.39 is 29.6 Å². The van der Waals surface area contributed by atoms with E-state index in [2.05, 4.69) is 10.3 Å². The highest BCUT2D eigenvalue weighted by Gasteiger charge is 2.46. The fourth-order valence-electron chi connectivity index (χ4n) is 4.22. The highest BCUT2D eigenvalue weighted by molar-refractivity contribution is 7.13. The number of aryl methyl sites for hydroxylation is 1. The van der Waals surface area contributed by atoms with Gasteiger partial charge in [0.05, 0.1) is 28.2 Å². The molecule has 2 aromatic rings. The van der Waals surface area contributed by atoms with Gasteiger partial charge in [-0.3, -0.25) is 9.59 Å². The largest absolute Gasteiger partial charge is 0.436 e. The van der Waals surface area contributed by atoms with Gasteiger partial charge in [-0.15, -0.1) is 11.3 Å². The molecular formula is C25H34N4O5S. The lowest BCUT2D eigenvalue weighted by Crippen LogP contribution is -2.53. The molecule has 0 spiro atoms. The Morgan fingerprint density at radius 2 is 1.89 bits per heavy atom. The molecule has 1 aliphatic heterocycles. The molecule has 1 aromatic carbocycles. The smallest absolute Gasteiger partial charge is 0.405 e. The van der Waals surface area contributed by atoms with Crippen LogP contribution in [0.4, 0.5) is 4.79 Å². The van der Waals surface area contributed by atoms with Crippen LogP contribution in [0.1, 0.15) is 51.4 Å². The third kappa shape index (κ3) is 6.18. The first-order valence-corrected chi connectivity index (χ1v) is 12.4. The molecule has 3 N–H and O–H groups in total. The number of carbonyl (C=O) groups is 3. The number of likely N-dealkylation sites (tertiary alicyclic amines) is 1. The number of benzene rings is 1. The van der Waals surface area contributed by atoms with Gasteiger partial charge < -0.3 is 25.4 Å². The van der Waals surface area contributed by atoms with Gasteiger partial charge in [0.2, 0.25) is 5.91 Å². The zero-order valence-electron chi connectivity index (χ0n) is 21.0. The standard InChI is InChI=1S/C25H34N4O5S/c1-14(16-7-9-17(10-8-16)20-15(2)27-13-35-20)28-22(30)19-11-18(33-6)12-29(19)23(31)21(25(3,4)5)34-24(26)32/h7-10,13-14,18-19,21H,11-12H2,1-6H3,(H2,26,32)(H,28,30)/t14-,18+,19-,21+/m0/s1. The molecule has 3 rings (SSSR count). The fourth-order valence-corrected chi connectivity index (χ4v) is 5.03. The van der Waals surface area contributed by atoms with Crippen LogP contribution in [0.3, 0.4) is 0 Å². The Kier molecular flexibility index (Phi) is 8.17. The quantitative estimate of drug-likeness (QED) is 0.598. The number of aromatic nitrogens is 1.